The molecule has 0 saturated carbocycles. The molecule has 3 aromatic carbocycles. The van der Waals surface area contributed by atoms with E-state index in [1.165, 1.54) is 0 Å². The summed E-state index contributed by atoms with van der Waals surface area (Å²) in [6, 6.07) is 20.1. The van der Waals surface area contributed by atoms with Gasteiger partial charge in [0.2, 0.25) is 0 Å². The standard InChI is InChI=1S/C22H21NO3/c1-15(2)14-26-22(25)17-10-12-18(13-11-17)23-21(24)20-9-5-7-16-6-3-4-8-19(16)20/h3-13,15H,14H2,1-2H3,(H,23,24). The molecule has 1 N–H and O–H groups in total. The summed E-state index contributed by atoms with van der Waals surface area (Å²) in [6.45, 7) is 4.36. The number of amides is 1. The van der Waals surface area contributed by atoms with Gasteiger partial charge >= 0.3 is 5.97 Å². The first-order valence-corrected chi connectivity index (χ1v) is 8.61. The normalized spacial score (nSPS) is 10.7. The van der Waals surface area contributed by atoms with Gasteiger partial charge in [-0.25, -0.2) is 4.79 Å². The van der Waals surface area contributed by atoms with Gasteiger partial charge in [-0.2, -0.15) is 0 Å². The number of rotatable bonds is 5. The van der Waals surface area contributed by atoms with Crippen LogP contribution in [0.2, 0.25) is 0 Å². The molecule has 0 bridgehead atoms. The van der Waals surface area contributed by atoms with Gasteiger partial charge in [0.1, 0.15) is 0 Å². The van der Waals surface area contributed by atoms with Gasteiger partial charge in [-0.1, -0.05) is 50.2 Å². The van der Waals surface area contributed by atoms with Crippen LogP contribution in [-0.4, -0.2) is 18.5 Å². The molecule has 0 atom stereocenters. The van der Waals surface area contributed by atoms with Crippen molar-refractivity contribution in [3.63, 3.8) is 0 Å². The van der Waals surface area contributed by atoms with E-state index < -0.39 is 0 Å². The van der Waals surface area contributed by atoms with Gasteiger partial charge in [-0.15, -0.1) is 0 Å². The SMILES string of the molecule is CC(C)COC(=O)c1ccc(NC(=O)c2cccc3ccccc23)cc1. The smallest absolute Gasteiger partial charge is 0.338 e. The Morgan fingerprint density at radius 3 is 2.35 bits per heavy atom. The lowest BCUT2D eigenvalue weighted by Crippen LogP contribution is -2.13. The van der Waals surface area contributed by atoms with Crippen molar-refractivity contribution in [1.82, 2.24) is 0 Å². The molecule has 0 aromatic heterocycles. The third-order valence-electron chi connectivity index (χ3n) is 3.96. The molecule has 1 amide bonds. The lowest BCUT2D eigenvalue weighted by Gasteiger charge is -2.10. The van der Waals surface area contributed by atoms with Crippen LogP contribution in [-0.2, 0) is 4.74 Å². The topological polar surface area (TPSA) is 55.4 Å². The van der Waals surface area contributed by atoms with Crippen molar-refractivity contribution in [2.45, 2.75) is 13.8 Å². The second-order valence-electron chi connectivity index (χ2n) is 6.55. The highest BCUT2D eigenvalue weighted by atomic mass is 16.5. The minimum atomic E-state index is -0.356. The number of carbonyl (C=O) groups is 2. The molecule has 26 heavy (non-hydrogen) atoms. The predicted octanol–water partition coefficient (Wildman–Crippen LogP) is 4.90. The summed E-state index contributed by atoms with van der Waals surface area (Å²) in [6.07, 6.45) is 0. The van der Waals surface area contributed by atoms with Crippen LogP contribution in [0.1, 0.15) is 34.6 Å². The zero-order valence-electron chi connectivity index (χ0n) is 14.9. The molecule has 0 aliphatic heterocycles. The van der Waals surface area contributed by atoms with Crippen LogP contribution in [0, 0.1) is 5.92 Å². The summed E-state index contributed by atoms with van der Waals surface area (Å²) < 4.78 is 5.20. The van der Waals surface area contributed by atoms with E-state index >= 15 is 0 Å². The van der Waals surface area contributed by atoms with Gasteiger partial charge in [-0.05, 0) is 47.0 Å². The average molecular weight is 347 g/mol. The molecule has 3 aromatic rings. The van der Waals surface area contributed by atoms with Crippen LogP contribution in [0.25, 0.3) is 10.8 Å². The molecule has 0 aliphatic carbocycles. The van der Waals surface area contributed by atoms with E-state index in [1.807, 2.05) is 50.2 Å². The number of nitrogens with one attached hydrogen (secondary N) is 1. The number of carbonyl (C=O) groups excluding carboxylic acids is 2. The van der Waals surface area contributed by atoms with Crippen molar-refractivity contribution in [2.24, 2.45) is 5.92 Å². The van der Waals surface area contributed by atoms with Crippen molar-refractivity contribution in [2.75, 3.05) is 11.9 Å². The predicted molar refractivity (Wildman–Crippen MR) is 103 cm³/mol. The molecule has 0 aliphatic rings. The van der Waals surface area contributed by atoms with Crippen molar-refractivity contribution in [3.8, 4) is 0 Å². The second-order valence-corrected chi connectivity index (χ2v) is 6.55. The zero-order valence-corrected chi connectivity index (χ0v) is 14.9. The number of hydrogen-bond acceptors (Lipinski definition) is 3. The van der Waals surface area contributed by atoms with E-state index in [-0.39, 0.29) is 11.9 Å². The summed E-state index contributed by atoms with van der Waals surface area (Å²) in [5.74, 6) is -0.249. The van der Waals surface area contributed by atoms with Crippen LogP contribution < -0.4 is 5.32 Å². The number of anilines is 1. The molecular weight excluding hydrogens is 326 g/mol. The third-order valence-corrected chi connectivity index (χ3v) is 3.96. The van der Waals surface area contributed by atoms with E-state index in [9.17, 15) is 9.59 Å². The highest BCUT2D eigenvalue weighted by molar-refractivity contribution is 6.13. The fraction of sp³-hybridized carbons (Fsp3) is 0.182. The number of ether oxygens (including phenoxy) is 1. The Balaban J connectivity index is 1.72. The molecule has 0 fully saturated rings. The maximum atomic E-state index is 12.6. The van der Waals surface area contributed by atoms with E-state index in [4.69, 9.17) is 4.74 Å². The molecule has 4 heteroatoms. The number of benzene rings is 3. The van der Waals surface area contributed by atoms with Gasteiger partial charge in [0.05, 0.1) is 12.2 Å². The minimum absolute atomic E-state index is 0.183. The van der Waals surface area contributed by atoms with Gasteiger partial charge in [0.15, 0.2) is 0 Å². The second kappa shape index (κ2) is 7.83. The Morgan fingerprint density at radius 2 is 1.62 bits per heavy atom. The van der Waals surface area contributed by atoms with Gasteiger partial charge in [-0.3, -0.25) is 4.79 Å². The van der Waals surface area contributed by atoms with Gasteiger partial charge in [0.25, 0.3) is 5.91 Å². The fourth-order valence-corrected chi connectivity index (χ4v) is 2.64. The van der Waals surface area contributed by atoms with Gasteiger partial charge in [0, 0.05) is 11.3 Å². The van der Waals surface area contributed by atoms with Crippen LogP contribution in [0.15, 0.2) is 66.7 Å². The van der Waals surface area contributed by atoms with Crippen molar-refractivity contribution in [1.29, 1.82) is 0 Å². The highest BCUT2D eigenvalue weighted by Gasteiger charge is 2.11. The monoisotopic (exact) mass is 347 g/mol. The Labute approximate surface area is 152 Å². The molecule has 0 spiro atoms. The molecular formula is C22H21NO3. The molecule has 4 nitrogen and oxygen atoms in total. The minimum Gasteiger partial charge on any atom is -0.462 e. The number of esters is 1. The summed E-state index contributed by atoms with van der Waals surface area (Å²) in [5.41, 5.74) is 1.71. The molecule has 132 valence electrons. The van der Waals surface area contributed by atoms with Crippen molar-refractivity contribution >= 4 is 28.3 Å². The first-order valence-electron chi connectivity index (χ1n) is 8.61. The zero-order chi connectivity index (χ0) is 18.5. The maximum absolute atomic E-state index is 12.6. The summed E-state index contributed by atoms with van der Waals surface area (Å²) in [5, 5.41) is 4.80. The largest absolute Gasteiger partial charge is 0.462 e. The Hall–Kier alpha value is -3.14. The van der Waals surface area contributed by atoms with E-state index in [0.29, 0.717) is 29.3 Å². The molecule has 0 heterocycles. The molecule has 0 saturated heterocycles. The third kappa shape index (κ3) is 4.09. The lowest BCUT2D eigenvalue weighted by atomic mass is 10.0. The number of hydrogen-bond donors (Lipinski definition) is 1. The molecule has 0 radical (unpaired) electrons. The van der Waals surface area contributed by atoms with Crippen LogP contribution in [0.3, 0.4) is 0 Å². The fourth-order valence-electron chi connectivity index (χ4n) is 2.64. The van der Waals surface area contributed by atoms with Crippen LogP contribution in [0.5, 0.6) is 0 Å². The maximum Gasteiger partial charge on any atom is 0.338 e. The summed E-state index contributed by atoms with van der Waals surface area (Å²) in [7, 11) is 0. The first kappa shape index (κ1) is 17.7. The van der Waals surface area contributed by atoms with Crippen molar-refractivity contribution in [3.05, 3.63) is 77.9 Å². The Bertz CT molecular complexity index is 924. The quantitative estimate of drug-likeness (QED) is 0.668. The van der Waals surface area contributed by atoms with E-state index in [1.54, 1.807) is 30.3 Å². The van der Waals surface area contributed by atoms with E-state index in [0.717, 1.165) is 10.8 Å². The lowest BCUT2D eigenvalue weighted by molar-refractivity contribution is 0.0459. The van der Waals surface area contributed by atoms with Crippen LogP contribution >= 0.6 is 0 Å². The Kier molecular flexibility index (Phi) is 5.32. The summed E-state index contributed by atoms with van der Waals surface area (Å²) >= 11 is 0. The number of fused-ring (bicyclic) bond motifs is 1. The van der Waals surface area contributed by atoms with E-state index in [2.05, 4.69) is 5.32 Å². The molecule has 3 rings (SSSR count). The molecule has 0 unspecified atom stereocenters. The van der Waals surface area contributed by atoms with Crippen LogP contribution in [0.4, 0.5) is 5.69 Å². The van der Waals surface area contributed by atoms with Gasteiger partial charge < -0.3 is 10.1 Å². The Morgan fingerprint density at radius 1 is 0.923 bits per heavy atom. The van der Waals surface area contributed by atoms with Crippen molar-refractivity contribution < 1.29 is 14.3 Å². The highest BCUT2D eigenvalue weighted by Crippen LogP contribution is 2.20. The first-order chi connectivity index (χ1) is 12.5. The summed E-state index contributed by atoms with van der Waals surface area (Å²) in [4.78, 5) is 24.6. The average Bonchev–Trinajstić information content (AvgIpc) is 2.66.